The Morgan fingerprint density at radius 2 is 1.72 bits per heavy atom. The van der Waals surface area contributed by atoms with E-state index in [1.54, 1.807) is 12.4 Å². The maximum atomic E-state index is 6.12. The van der Waals surface area contributed by atoms with Crippen LogP contribution in [-0.4, -0.2) is 4.98 Å². The maximum Gasteiger partial charge on any atom is 0.0465 e. The molecule has 18 heavy (non-hydrogen) atoms. The van der Waals surface area contributed by atoms with E-state index in [9.17, 15) is 0 Å². The summed E-state index contributed by atoms with van der Waals surface area (Å²) >= 11 is 12.2. The average Bonchev–Trinajstić information content (AvgIpc) is 2.39. The van der Waals surface area contributed by atoms with Crippen molar-refractivity contribution in [2.24, 2.45) is 0 Å². The van der Waals surface area contributed by atoms with Crippen molar-refractivity contribution in [2.45, 2.75) is 19.5 Å². The molecule has 2 aromatic rings. The fraction of sp³-hybridized carbons (Fsp3) is 0.214. The molecule has 0 spiro atoms. The number of benzene rings is 1. The van der Waals surface area contributed by atoms with Crippen LogP contribution >= 0.6 is 23.2 Å². The van der Waals surface area contributed by atoms with Crippen LogP contribution in [0.15, 0.2) is 42.7 Å². The van der Waals surface area contributed by atoms with E-state index in [0.717, 1.165) is 5.56 Å². The second kappa shape index (κ2) is 6.19. The summed E-state index contributed by atoms with van der Waals surface area (Å²) in [5.41, 5.74) is 2.12. The summed E-state index contributed by atoms with van der Waals surface area (Å²) in [5, 5.41) is 4.78. The van der Waals surface area contributed by atoms with E-state index < -0.39 is 0 Å². The third-order valence-electron chi connectivity index (χ3n) is 2.85. The minimum atomic E-state index is 0.223. The van der Waals surface area contributed by atoms with Crippen LogP contribution in [0.1, 0.15) is 24.1 Å². The maximum absolute atomic E-state index is 6.12. The van der Waals surface area contributed by atoms with Crippen LogP contribution in [0.4, 0.5) is 0 Å². The van der Waals surface area contributed by atoms with Crippen molar-refractivity contribution < 1.29 is 0 Å². The lowest BCUT2D eigenvalue weighted by atomic mass is 10.1. The summed E-state index contributed by atoms with van der Waals surface area (Å²) in [6, 6.07) is 9.75. The molecule has 4 heteroatoms. The first-order valence-electron chi connectivity index (χ1n) is 5.74. The fourth-order valence-corrected chi connectivity index (χ4v) is 2.26. The molecule has 0 aliphatic heterocycles. The molecule has 1 aromatic heterocycles. The minimum Gasteiger partial charge on any atom is -0.306 e. The molecular formula is C14H14Cl2N2. The van der Waals surface area contributed by atoms with Gasteiger partial charge in [-0.05, 0) is 36.8 Å². The molecule has 0 fully saturated rings. The Balaban J connectivity index is 2.04. The van der Waals surface area contributed by atoms with Gasteiger partial charge in [-0.3, -0.25) is 4.98 Å². The molecule has 1 N–H and O–H groups in total. The quantitative estimate of drug-likeness (QED) is 0.906. The third kappa shape index (κ3) is 3.22. The zero-order valence-corrected chi connectivity index (χ0v) is 11.5. The lowest BCUT2D eigenvalue weighted by Crippen LogP contribution is -2.18. The molecule has 0 radical (unpaired) electrons. The first kappa shape index (κ1) is 13.3. The number of nitrogens with one attached hydrogen (secondary N) is 1. The monoisotopic (exact) mass is 280 g/mol. The van der Waals surface area contributed by atoms with Crippen molar-refractivity contribution >= 4 is 23.2 Å². The van der Waals surface area contributed by atoms with Gasteiger partial charge in [-0.2, -0.15) is 0 Å². The van der Waals surface area contributed by atoms with Gasteiger partial charge >= 0.3 is 0 Å². The summed E-state index contributed by atoms with van der Waals surface area (Å²) in [7, 11) is 0. The molecule has 1 atom stereocenters. The Bertz CT molecular complexity index is 494. The van der Waals surface area contributed by atoms with E-state index >= 15 is 0 Å². The highest BCUT2D eigenvalue weighted by atomic mass is 35.5. The van der Waals surface area contributed by atoms with E-state index in [-0.39, 0.29) is 6.04 Å². The first-order valence-corrected chi connectivity index (χ1v) is 6.50. The summed E-state index contributed by atoms with van der Waals surface area (Å²) in [6.07, 6.45) is 3.58. The molecule has 0 unspecified atom stereocenters. The normalized spacial score (nSPS) is 12.4. The number of rotatable bonds is 4. The smallest absolute Gasteiger partial charge is 0.0465 e. The van der Waals surface area contributed by atoms with Gasteiger partial charge in [0.1, 0.15) is 0 Å². The van der Waals surface area contributed by atoms with Crippen LogP contribution in [0.5, 0.6) is 0 Å². The molecule has 94 valence electrons. The van der Waals surface area contributed by atoms with E-state index in [2.05, 4.69) is 17.2 Å². The Labute approximate surface area is 117 Å². The van der Waals surface area contributed by atoms with Gasteiger partial charge in [0.15, 0.2) is 0 Å². The molecule has 0 aliphatic rings. The molecule has 0 amide bonds. The predicted molar refractivity (Wildman–Crippen MR) is 76.0 cm³/mol. The van der Waals surface area contributed by atoms with Gasteiger partial charge in [0.2, 0.25) is 0 Å². The fourth-order valence-electron chi connectivity index (χ4n) is 1.73. The van der Waals surface area contributed by atoms with E-state index in [1.165, 1.54) is 5.56 Å². The molecular weight excluding hydrogens is 267 g/mol. The Kier molecular flexibility index (Phi) is 4.59. The van der Waals surface area contributed by atoms with Crippen molar-refractivity contribution in [3.8, 4) is 0 Å². The van der Waals surface area contributed by atoms with Crippen LogP contribution in [0.25, 0.3) is 0 Å². The van der Waals surface area contributed by atoms with Gasteiger partial charge in [0.05, 0.1) is 0 Å². The molecule has 0 aliphatic carbocycles. The van der Waals surface area contributed by atoms with Crippen LogP contribution < -0.4 is 5.32 Å². The predicted octanol–water partition coefficient (Wildman–Crippen LogP) is 4.24. The van der Waals surface area contributed by atoms with Gasteiger partial charge in [-0.15, -0.1) is 0 Å². The van der Waals surface area contributed by atoms with Crippen molar-refractivity contribution in [3.05, 3.63) is 63.9 Å². The molecule has 0 bridgehead atoms. The zero-order chi connectivity index (χ0) is 13.0. The number of nitrogens with zero attached hydrogens (tertiary/aromatic N) is 1. The SMILES string of the molecule is C[C@H](NCc1c(Cl)cccc1Cl)c1ccncc1. The van der Waals surface area contributed by atoms with Crippen molar-refractivity contribution in [1.29, 1.82) is 0 Å². The zero-order valence-electron chi connectivity index (χ0n) is 10.0. The summed E-state index contributed by atoms with van der Waals surface area (Å²) in [6.45, 7) is 2.74. The Morgan fingerprint density at radius 1 is 1.11 bits per heavy atom. The van der Waals surface area contributed by atoms with Crippen LogP contribution in [0.2, 0.25) is 10.0 Å². The lowest BCUT2D eigenvalue weighted by molar-refractivity contribution is 0.574. The minimum absolute atomic E-state index is 0.223. The lowest BCUT2D eigenvalue weighted by Gasteiger charge is -2.15. The van der Waals surface area contributed by atoms with Crippen molar-refractivity contribution in [3.63, 3.8) is 0 Å². The standard InChI is InChI=1S/C14H14Cl2N2/c1-10(11-5-7-17-8-6-11)18-9-12-13(15)3-2-4-14(12)16/h2-8,10,18H,9H2,1H3/t10-/m0/s1. The van der Waals surface area contributed by atoms with Gasteiger partial charge in [-0.1, -0.05) is 29.3 Å². The van der Waals surface area contributed by atoms with Gasteiger partial charge in [-0.25, -0.2) is 0 Å². The summed E-state index contributed by atoms with van der Waals surface area (Å²) in [4.78, 5) is 4.00. The molecule has 2 nitrogen and oxygen atoms in total. The van der Waals surface area contributed by atoms with Crippen LogP contribution in [0.3, 0.4) is 0 Å². The summed E-state index contributed by atoms with van der Waals surface area (Å²) < 4.78 is 0. The van der Waals surface area contributed by atoms with Gasteiger partial charge in [0, 0.05) is 40.6 Å². The second-order valence-corrected chi connectivity index (χ2v) is 4.90. The number of pyridine rings is 1. The molecule has 0 saturated carbocycles. The molecule has 1 heterocycles. The highest BCUT2D eigenvalue weighted by Crippen LogP contribution is 2.24. The third-order valence-corrected chi connectivity index (χ3v) is 3.56. The van der Waals surface area contributed by atoms with E-state index in [1.807, 2.05) is 30.3 Å². The van der Waals surface area contributed by atoms with Crippen LogP contribution in [0, 0.1) is 0 Å². The highest BCUT2D eigenvalue weighted by molar-refractivity contribution is 6.35. The first-order chi connectivity index (χ1) is 8.68. The van der Waals surface area contributed by atoms with Crippen molar-refractivity contribution in [1.82, 2.24) is 10.3 Å². The molecule has 0 saturated heterocycles. The van der Waals surface area contributed by atoms with E-state index in [4.69, 9.17) is 23.2 Å². The summed E-state index contributed by atoms with van der Waals surface area (Å²) in [5.74, 6) is 0. The molecule has 2 rings (SSSR count). The number of hydrogen-bond donors (Lipinski definition) is 1. The Morgan fingerprint density at radius 3 is 2.33 bits per heavy atom. The van der Waals surface area contributed by atoms with E-state index in [0.29, 0.717) is 16.6 Å². The number of hydrogen-bond acceptors (Lipinski definition) is 2. The second-order valence-electron chi connectivity index (χ2n) is 4.08. The largest absolute Gasteiger partial charge is 0.306 e. The average molecular weight is 281 g/mol. The van der Waals surface area contributed by atoms with Crippen LogP contribution in [-0.2, 0) is 6.54 Å². The number of halogens is 2. The Hall–Kier alpha value is -1.09. The van der Waals surface area contributed by atoms with Crippen molar-refractivity contribution in [2.75, 3.05) is 0 Å². The van der Waals surface area contributed by atoms with Gasteiger partial charge in [0.25, 0.3) is 0 Å². The van der Waals surface area contributed by atoms with Gasteiger partial charge < -0.3 is 5.32 Å². The number of aromatic nitrogens is 1. The molecule has 1 aromatic carbocycles. The topological polar surface area (TPSA) is 24.9 Å². The highest BCUT2D eigenvalue weighted by Gasteiger charge is 2.08.